The van der Waals surface area contributed by atoms with Crippen LogP contribution in [0.25, 0.3) is 0 Å². The number of carbonyl (C=O) groups is 7. The normalized spacial score (nSPS) is 12.3. The van der Waals surface area contributed by atoms with Crippen LogP contribution in [0.4, 0.5) is 21.9 Å². The van der Waals surface area contributed by atoms with Gasteiger partial charge in [-0.2, -0.15) is 0 Å². The zero-order valence-corrected chi connectivity index (χ0v) is 51.9. The van der Waals surface area contributed by atoms with E-state index in [2.05, 4.69) is 21.3 Å². The van der Waals surface area contributed by atoms with Gasteiger partial charge in [-0.15, -0.1) is 0 Å². The first-order valence-corrected chi connectivity index (χ1v) is 29.1. The van der Waals surface area contributed by atoms with Crippen molar-refractivity contribution in [3.05, 3.63) is 38.4 Å². The Morgan fingerprint density at radius 3 is 1.37 bits per heavy atom. The molecule has 0 unspecified atom stereocenters. The third-order valence-electron chi connectivity index (χ3n) is 11.0. The molecule has 0 heterocycles. The lowest BCUT2D eigenvalue weighted by atomic mass is 10.1. The van der Waals surface area contributed by atoms with E-state index in [0.29, 0.717) is 131 Å². The van der Waals surface area contributed by atoms with E-state index in [0.717, 1.165) is 12.1 Å². The van der Waals surface area contributed by atoms with Crippen molar-refractivity contribution in [1.82, 2.24) is 16.0 Å². The summed E-state index contributed by atoms with van der Waals surface area (Å²) in [5, 5.41) is 32.8. The van der Waals surface area contributed by atoms with Crippen molar-refractivity contribution in [3.8, 4) is 0 Å². The predicted molar refractivity (Wildman–Crippen MR) is 311 cm³/mol. The van der Waals surface area contributed by atoms with Crippen molar-refractivity contribution >= 4 is 58.7 Å². The minimum Gasteiger partial charge on any atom is -0.463 e. The molecule has 0 aliphatic heterocycles. The van der Waals surface area contributed by atoms with E-state index < -0.39 is 80.0 Å². The zero-order valence-electron chi connectivity index (χ0n) is 51.9. The van der Waals surface area contributed by atoms with E-state index in [1.165, 1.54) is 6.07 Å². The number of nitro benzene ring substituents is 2. The first-order chi connectivity index (χ1) is 40.7. The van der Waals surface area contributed by atoms with E-state index in [-0.39, 0.29) is 82.3 Å². The van der Waals surface area contributed by atoms with E-state index in [9.17, 15) is 53.8 Å². The van der Waals surface area contributed by atoms with Gasteiger partial charge >= 0.3 is 29.9 Å². The van der Waals surface area contributed by atoms with E-state index >= 15 is 0 Å². The summed E-state index contributed by atoms with van der Waals surface area (Å²) in [7, 11) is 0. The van der Waals surface area contributed by atoms with Crippen LogP contribution >= 0.6 is 0 Å². The first-order valence-electron chi connectivity index (χ1n) is 29.1. The molecule has 0 saturated heterocycles. The van der Waals surface area contributed by atoms with Crippen LogP contribution in [0, 0.1) is 20.2 Å². The van der Waals surface area contributed by atoms with Crippen LogP contribution < -0.4 is 21.3 Å². The van der Waals surface area contributed by atoms with Gasteiger partial charge in [0.25, 0.3) is 11.4 Å². The van der Waals surface area contributed by atoms with Gasteiger partial charge in [-0.3, -0.25) is 39.4 Å². The molecular weight excluding hydrogens is 1140 g/mol. The van der Waals surface area contributed by atoms with E-state index in [1.807, 2.05) is 0 Å². The molecule has 29 nitrogen and oxygen atoms in total. The van der Waals surface area contributed by atoms with Crippen LogP contribution in [0.15, 0.2) is 18.2 Å². The van der Waals surface area contributed by atoms with Crippen LogP contribution in [0.1, 0.15) is 133 Å². The lowest BCUT2D eigenvalue weighted by Crippen LogP contribution is -2.53. The molecule has 1 aromatic carbocycles. The zero-order chi connectivity index (χ0) is 64.2. The molecule has 0 aliphatic rings. The monoisotopic (exact) mass is 1230 g/mol. The predicted octanol–water partition coefficient (Wildman–Crippen LogP) is 5.63. The minimum absolute atomic E-state index is 0.00640. The second-order valence-electron chi connectivity index (χ2n) is 22.3. The maximum atomic E-state index is 13.2. The molecule has 0 aliphatic carbocycles. The summed E-state index contributed by atoms with van der Waals surface area (Å²) in [4.78, 5) is 109. The Bertz CT molecular complexity index is 2170. The minimum atomic E-state index is -1.20. The van der Waals surface area contributed by atoms with Gasteiger partial charge in [-0.25, -0.2) is 14.4 Å². The molecule has 0 aromatic heterocycles. The number of anilines is 1. The number of nitro groups is 2. The molecule has 86 heavy (non-hydrogen) atoms. The van der Waals surface area contributed by atoms with Gasteiger partial charge in [0.15, 0.2) is 5.78 Å². The maximum Gasteiger partial charge on any atom is 0.329 e. The quantitative estimate of drug-likeness (QED) is 0.0202. The number of non-ortho nitro benzene ring substituents is 1. The highest BCUT2D eigenvalue weighted by atomic mass is 16.6. The highest BCUT2D eigenvalue weighted by molar-refractivity contribution is 5.88. The topological polar surface area (TPSA) is 365 Å². The first kappa shape index (κ1) is 77.8. The lowest BCUT2D eigenvalue weighted by molar-refractivity contribution is -0.393. The number of ketones is 1. The third kappa shape index (κ3) is 44.3. The molecule has 0 spiro atoms. The number of carbonyl (C=O) groups excluding carboxylic acids is 7. The Labute approximate surface area is 504 Å². The standard InChI is InChI=1S/C57H96N6O23/c1-55(2,3)84-51(67)22-21-47(53(69)86-57(7,8)9)61-54(70)60-46(52(68)85-56(4,5)6)16-10-11-23-58-49(65)17-13-25-76-27-28-77-29-30-78-31-32-79-33-34-80-35-36-81-37-38-82-39-40-83-50(66)18-14-26-75-24-12-15-44(64)42-59-45-20-19-43(62(71)72)41-48(45)63(73)74/h19-20,41,46-47,59H,10-18,21-40,42H2,1-9H3,(H,58,65)(H2,60,61,70)/t46-,47-/m0/s1. The fourth-order valence-corrected chi connectivity index (χ4v) is 7.10. The molecule has 0 radical (unpaired) electrons. The van der Waals surface area contributed by atoms with Gasteiger partial charge in [0.05, 0.1) is 108 Å². The highest BCUT2D eigenvalue weighted by Crippen LogP contribution is 2.29. The molecule has 0 bridgehead atoms. The average Bonchev–Trinajstić information content (AvgIpc) is 2.22. The second kappa shape index (κ2) is 45.1. The number of nitrogens with one attached hydrogen (secondary N) is 4. The molecule has 2 atom stereocenters. The maximum absolute atomic E-state index is 13.2. The second-order valence-corrected chi connectivity index (χ2v) is 22.3. The van der Waals surface area contributed by atoms with Crippen molar-refractivity contribution in [2.75, 3.05) is 131 Å². The molecule has 1 rings (SSSR count). The number of urea groups is 1. The molecule has 492 valence electrons. The fraction of sp³-hybridized carbons (Fsp3) is 0.772. The average molecular weight is 1230 g/mol. The number of Topliss-reactive ketones (excluding diaryl/α,β-unsaturated/α-hetero) is 1. The number of nitrogens with zero attached hydrogens (tertiary/aromatic N) is 2. The summed E-state index contributed by atoms with van der Waals surface area (Å²) < 4.78 is 65.4. The Balaban J connectivity index is 2.00. The van der Waals surface area contributed by atoms with Gasteiger partial charge in [0.1, 0.15) is 41.2 Å². The molecule has 1 aromatic rings. The van der Waals surface area contributed by atoms with Crippen LogP contribution in [0.5, 0.6) is 0 Å². The molecule has 4 N–H and O–H groups in total. The van der Waals surface area contributed by atoms with Crippen LogP contribution in [0.3, 0.4) is 0 Å². The van der Waals surface area contributed by atoms with E-state index in [4.69, 9.17) is 56.8 Å². The number of hydrogen-bond donors (Lipinski definition) is 4. The SMILES string of the molecule is CC(C)(C)OC(=O)CC[C@H](NC(=O)N[C@@H](CCCCNC(=O)CCCOCCOCCOCCOCCOCCOCCOCCOC(=O)CCCOCCCC(=O)CNc1ccc([N+](=O)[O-])cc1[N+](=O)[O-])C(=O)OC(C)(C)C)C(=O)OC(C)(C)C. The van der Waals surface area contributed by atoms with Crippen molar-refractivity contribution in [2.24, 2.45) is 0 Å². The molecular formula is C57H96N6O23. The number of amides is 3. The molecule has 0 saturated carbocycles. The van der Waals surface area contributed by atoms with Crippen molar-refractivity contribution in [1.29, 1.82) is 0 Å². The summed E-state index contributed by atoms with van der Waals surface area (Å²) in [5.74, 6) is -2.72. The van der Waals surface area contributed by atoms with Crippen LogP contribution in [0.2, 0.25) is 0 Å². The number of rotatable bonds is 50. The van der Waals surface area contributed by atoms with Gasteiger partial charge < -0.3 is 78.1 Å². The number of unbranched alkanes of at least 4 members (excludes halogenated alkanes) is 1. The van der Waals surface area contributed by atoms with Crippen LogP contribution in [-0.2, 0) is 85.6 Å². The van der Waals surface area contributed by atoms with Gasteiger partial charge in [-0.05, 0) is 113 Å². The van der Waals surface area contributed by atoms with E-state index in [1.54, 1.807) is 62.3 Å². The van der Waals surface area contributed by atoms with Crippen molar-refractivity contribution in [2.45, 2.75) is 162 Å². The largest absolute Gasteiger partial charge is 0.463 e. The molecule has 0 fully saturated rings. The van der Waals surface area contributed by atoms with Crippen molar-refractivity contribution < 1.29 is 100 Å². The molecule has 29 heteroatoms. The number of ether oxygens (including phenoxy) is 12. The van der Waals surface area contributed by atoms with Gasteiger partial charge in [0, 0.05) is 58.1 Å². The summed E-state index contributed by atoms with van der Waals surface area (Å²) >= 11 is 0. The van der Waals surface area contributed by atoms with Crippen LogP contribution in [-0.4, -0.2) is 206 Å². The summed E-state index contributed by atoms with van der Waals surface area (Å²) in [6.07, 6.45) is 2.82. The van der Waals surface area contributed by atoms with Gasteiger partial charge in [0.2, 0.25) is 5.91 Å². The summed E-state index contributed by atoms with van der Waals surface area (Å²) in [5.41, 5.74) is -3.35. The fourth-order valence-electron chi connectivity index (χ4n) is 7.10. The highest BCUT2D eigenvalue weighted by Gasteiger charge is 2.31. The summed E-state index contributed by atoms with van der Waals surface area (Å²) in [6.45, 7) is 21.2. The lowest BCUT2D eigenvalue weighted by Gasteiger charge is -2.27. The Morgan fingerprint density at radius 1 is 0.477 bits per heavy atom. The molecule has 3 amide bonds. The number of benzene rings is 1. The Hall–Kier alpha value is -6.21. The summed E-state index contributed by atoms with van der Waals surface area (Å²) in [6, 6.07) is 0.0453. The Kier molecular flexibility index (Phi) is 40.8. The third-order valence-corrected chi connectivity index (χ3v) is 11.0. The van der Waals surface area contributed by atoms with Crippen molar-refractivity contribution in [3.63, 3.8) is 0 Å². The van der Waals surface area contributed by atoms with Gasteiger partial charge in [-0.1, -0.05) is 0 Å². The number of esters is 4. The smallest absolute Gasteiger partial charge is 0.329 e. The Morgan fingerprint density at radius 2 is 0.907 bits per heavy atom. The number of hydrogen-bond acceptors (Lipinski definition) is 24.